The molecule has 66 valence electrons. The normalized spacial score (nSPS) is 10.3. The quantitative estimate of drug-likeness (QED) is 0.672. The van der Waals surface area contributed by atoms with E-state index in [1.165, 1.54) is 0 Å². The predicted octanol–water partition coefficient (Wildman–Crippen LogP) is 2.59. The van der Waals surface area contributed by atoms with E-state index in [0.29, 0.717) is 0 Å². The molecule has 0 aromatic carbocycles. The van der Waals surface area contributed by atoms with Crippen molar-refractivity contribution >= 4 is 11.8 Å². The highest BCUT2D eigenvalue weighted by atomic mass is 32.2. The monoisotopic (exact) mass is 183 g/mol. The first-order chi connectivity index (χ1) is 5.72. The summed E-state index contributed by atoms with van der Waals surface area (Å²) in [5, 5.41) is 1.02. The van der Waals surface area contributed by atoms with Crippen LogP contribution in [-0.4, -0.2) is 17.3 Å². The molecule has 0 bridgehead atoms. The molecular formula is C9H13NOS. The van der Waals surface area contributed by atoms with E-state index in [4.69, 9.17) is 4.74 Å². The fourth-order valence-corrected chi connectivity index (χ4v) is 1.19. The van der Waals surface area contributed by atoms with Gasteiger partial charge in [-0.3, -0.25) is 0 Å². The van der Waals surface area contributed by atoms with Crippen LogP contribution in [0, 0.1) is 0 Å². The topological polar surface area (TPSA) is 22.1 Å². The van der Waals surface area contributed by atoms with Crippen molar-refractivity contribution in [2.45, 2.75) is 25.0 Å². The van der Waals surface area contributed by atoms with Gasteiger partial charge < -0.3 is 4.74 Å². The van der Waals surface area contributed by atoms with Gasteiger partial charge >= 0.3 is 0 Å². The smallest absolute Gasteiger partial charge is 0.138 e. The maximum atomic E-state index is 5.44. The van der Waals surface area contributed by atoms with Gasteiger partial charge in [0.25, 0.3) is 0 Å². The molecule has 0 unspecified atom stereocenters. The van der Waals surface area contributed by atoms with Crippen molar-refractivity contribution in [3.8, 4) is 5.75 Å². The predicted molar refractivity (Wildman–Crippen MR) is 51.8 cm³/mol. The van der Waals surface area contributed by atoms with Gasteiger partial charge in [-0.1, -0.05) is 0 Å². The largest absolute Gasteiger partial charge is 0.489 e. The summed E-state index contributed by atoms with van der Waals surface area (Å²) in [6, 6.07) is 3.90. The zero-order chi connectivity index (χ0) is 8.97. The molecule has 0 aliphatic carbocycles. The molecule has 2 nitrogen and oxygen atoms in total. The summed E-state index contributed by atoms with van der Waals surface area (Å²) in [4.78, 5) is 4.19. The highest BCUT2D eigenvalue weighted by Gasteiger charge is 1.97. The van der Waals surface area contributed by atoms with Crippen LogP contribution in [0.4, 0.5) is 0 Å². The van der Waals surface area contributed by atoms with Gasteiger partial charge in [0.15, 0.2) is 0 Å². The third-order valence-electron chi connectivity index (χ3n) is 1.29. The Balaban J connectivity index is 2.65. The van der Waals surface area contributed by atoms with Gasteiger partial charge in [0, 0.05) is 0 Å². The number of thioether (sulfide) groups is 1. The van der Waals surface area contributed by atoms with Crippen LogP contribution in [0.1, 0.15) is 13.8 Å². The average molecular weight is 183 g/mol. The molecule has 0 atom stereocenters. The number of hydrogen-bond acceptors (Lipinski definition) is 3. The van der Waals surface area contributed by atoms with E-state index in [0.717, 1.165) is 10.8 Å². The Hall–Kier alpha value is -0.700. The van der Waals surface area contributed by atoms with Gasteiger partial charge in [-0.05, 0) is 32.2 Å². The number of hydrogen-bond donors (Lipinski definition) is 0. The standard InChI is InChI=1S/C9H13NOS/c1-7(2)11-8-4-5-9(12-3)10-6-8/h4-7H,1-3H3. The second-order valence-corrected chi connectivity index (χ2v) is 3.53. The minimum Gasteiger partial charge on any atom is -0.489 e. The average Bonchev–Trinajstić information content (AvgIpc) is 2.05. The Morgan fingerprint density at radius 1 is 1.42 bits per heavy atom. The highest BCUT2D eigenvalue weighted by molar-refractivity contribution is 7.98. The third kappa shape index (κ3) is 2.74. The van der Waals surface area contributed by atoms with Crippen LogP contribution in [0.15, 0.2) is 23.4 Å². The van der Waals surface area contributed by atoms with E-state index in [1.54, 1.807) is 18.0 Å². The molecule has 0 aliphatic heterocycles. The Labute approximate surface area is 77.3 Å². The second-order valence-electron chi connectivity index (χ2n) is 2.70. The molecule has 1 aromatic heterocycles. The molecule has 0 radical (unpaired) electrons. The Kier molecular flexibility index (Phi) is 3.41. The van der Waals surface area contributed by atoms with Crippen molar-refractivity contribution in [1.29, 1.82) is 0 Å². The maximum Gasteiger partial charge on any atom is 0.138 e. The van der Waals surface area contributed by atoms with Gasteiger partial charge in [0.2, 0.25) is 0 Å². The Morgan fingerprint density at radius 3 is 2.58 bits per heavy atom. The van der Waals surface area contributed by atoms with Crippen LogP contribution < -0.4 is 4.74 Å². The van der Waals surface area contributed by atoms with E-state index in [1.807, 2.05) is 32.2 Å². The molecule has 0 aliphatic rings. The third-order valence-corrected chi connectivity index (χ3v) is 1.95. The lowest BCUT2D eigenvalue weighted by Crippen LogP contribution is -2.05. The number of pyridine rings is 1. The first-order valence-electron chi connectivity index (χ1n) is 3.89. The molecular weight excluding hydrogens is 170 g/mol. The van der Waals surface area contributed by atoms with Crippen molar-refractivity contribution in [3.63, 3.8) is 0 Å². The molecule has 1 heterocycles. The van der Waals surface area contributed by atoms with Crippen LogP contribution in [0.25, 0.3) is 0 Å². The van der Waals surface area contributed by atoms with Crippen molar-refractivity contribution in [1.82, 2.24) is 4.98 Å². The van der Waals surface area contributed by atoms with Crippen LogP contribution in [0.3, 0.4) is 0 Å². The molecule has 0 spiro atoms. The first-order valence-corrected chi connectivity index (χ1v) is 5.11. The summed E-state index contributed by atoms with van der Waals surface area (Å²) in [5.41, 5.74) is 0. The van der Waals surface area contributed by atoms with Crippen LogP contribution in [-0.2, 0) is 0 Å². The van der Waals surface area contributed by atoms with E-state index in [-0.39, 0.29) is 6.10 Å². The second kappa shape index (κ2) is 4.36. The van der Waals surface area contributed by atoms with Crippen molar-refractivity contribution in [3.05, 3.63) is 18.3 Å². The molecule has 3 heteroatoms. The van der Waals surface area contributed by atoms with Crippen molar-refractivity contribution in [2.24, 2.45) is 0 Å². The van der Waals surface area contributed by atoms with Crippen molar-refractivity contribution in [2.75, 3.05) is 6.26 Å². The Bertz CT molecular complexity index is 233. The molecule has 1 aromatic rings. The molecule has 1 rings (SSSR count). The van der Waals surface area contributed by atoms with Gasteiger partial charge in [-0.15, -0.1) is 11.8 Å². The summed E-state index contributed by atoms with van der Waals surface area (Å²) in [6.07, 6.45) is 3.98. The first kappa shape index (κ1) is 9.39. The van der Waals surface area contributed by atoms with Crippen LogP contribution in [0.2, 0.25) is 0 Å². The van der Waals surface area contributed by atoms with Gasteiger partial charge in [0.1, 0.15) is 5.75 Å². The zero-order valence-electron chi connectivity index (χ0n) is 7.57. The molecule has 0 saturated heterocycles. The minimum absolute atomic E-state index is 0.215. The lowest BCUT2D eigenvalue weighted by Gasteiger charge is -2.08. The molecule has 0 fully saturated rings. The van der Waals surface area contributed by atoms with Gasteiger partial charge in [0.05, 0.1) is 17.3 Å². The van der Waals surface area contributed by atoms with E-state index in [9.17, 15) is 0 Å². The van der Waals surface area contributed by atoms with E-state index in [2.05, 4.69) is 4.98 Å². The summed E-state index contributed by atoms with van der Waals surface area (Å²) < 4.78 is 5.44. The van der Waals surface area contributed by atoms with Crippen LogP contribution in [0.5, 0.6) is 5.75 Å². The number of aromatic nitrogens is 1. The number of nitrogens with zero attached hydrogens (tertiary/aromatic N) is 1. The lowest BCUT2D eigenvalue weighted by atomic mass is 10.4. The van der Waals surface area contributed by atoms with Crippen molar-refractivity contribution < 1.29 is 4.74 Å². The summed E-state index contributed by atoms with van der Waals surface area (Å²) in [7, 11) is 0. The van der Waals surface area contributed by atoms with Gasteiger partial charge in [-0.25, -0.2) is 4.98 Å². The summed E-state index contributed by atoms with van der Waals surface area (Å²) in [5.74, 6) is 0.836. The fraction of sp³-hybridized carbons (Fsp3) is 0.444. The molecule has 0 amide bonds. The minimum atomic E-state index is 0.215. The maximum absolute atomic E-state index is 5.44. The SMILES string of the molecule is CSc1ccc(OC(C)C)cn1. The van der Waals surface area contributed by atoms with Gasteiger partial charge in [-0.2, -0.15) is 0 Å². The summed E-state index contributed by atoms with van der Waals surface area (Å²) in [6.45, 7) is 4.00. The number of ether oxygens (including phenoxy) is 1. The zero-order valence-corrected chi connectivity index (χ0v) is 8.39. The molecule has 0 saturated carbocycles. The molecule has 12 heavy (non-hydrogen) atoms. The lowest BCUT2D eigenvalue weighted by molar-refractivity contribution is 0.241. The van der Waals surface area contributed by atoms with E-state index < -0.39 is 0 Å². The highest BCUT2D eigenvalue weighted by Crippen LogP contribution is 2.16. The summed E-state index contributed by atoms with van der Waals surface area (Å²) >= 11 is 1.63. The fourth-order valence-electron chi connectivity index (χ4n) is 0.829. The Morgan fingerprint density at radius 2 is 2.17 bits per heavy atom. The van der Waals surface area contributed by atoms with E-state index >= 15 is 0 Å². The number of rotatable bonds is 3. The van der Waals surface area contributed by atoms with Crippen LogP contribution >= 0.6 is 11.8 Å². The molecule has 0 N–H and O–H groups in total.